The molecule has 0 radical (unpaired) electrons. The van der Waals surface area contributed by atoms with Crippen LogP contribution in [0, 0.1) is 0 Å². The van der Waals surface area contributed by atoms with E-state index in [1.165, 1.54) is 0 Å². The molecule has 0 unspecified atom stereocenters. The standard InChI is InChI=1S/C22H17N3O3S/c26-22(15-6-8-19(9-7-15)27-18-4-2-1-3-5-18)25-12-17(13-25)21-23-20(24-28-21)16-10-11-29-14-16/h1-11,14,17H,12-13H2. The van der Waals surface area contributed by atoms with E-state index in [1.54, 1.807) is 28.4 Å². The minimum atomic E-state index is -0.00918. The Bertz CT molecular complexity index is 1100. The topological polar surface area (TPSA) is 68.5 Å². The van der Waals surface area contributed by atoms with Gasteiger partial charge in [0.15, 0.2) is 0 Å². The molecule has 1 amide bonds. The van der Waals surface area contributed by atoms with Crippen molar-refractivity contribution in [2.45, 2.75) is 5.92 Å². The Hall–Kier alpha value is -3.45. The Morgan fingerprint density at radius 1 is 1.03 bits per heavy atom. The fourth-order valence-corrected chi connectivity index (χ4v) is 3.82. The summed E-state index contributed by atoms with van der Waals surface area (Å²) in [5.41, 5.74) is 1.59. The van der Waals surface area contributed by atoms with Gasteiger partial charge < -0.3 is 14.2 Å². The van der Waals surface area contributed by atoms with E-state index >= 15 is 0 Å². The number of benzene rings is 2. The highest BCUT2D eigenvalue weighted by Crippen LogP contribution is 2.30. The van der Waals surface area contributed by atoms with Gasteiger partial charge in [-0.2, -0.15) is 16.3 Å². The van der Waals surface area contributed by atoms with Crippen LogP contribution in [0.5, 0.6) is 11.5 Å². The molecule has 1 aliphatic heterocycles. The average molecular weight is 403 g/mol. The lowest BCUT2D eigenvalue weighted by atomic mass is 9.98. The number of rotatable bonds is 5. The first-order valence-corrected chi connectivity index (χ1v) is 10.2. The van der Waals surface area contributed by atoms with E-state index in [0.29, 0.717) is 36.1 Å². The zero-order valence-corrected chi connectivity index (χ0v) is 16.2. The Morgan fingerprint density at radius 3 is 2.52 bits per heavy atom. The maximum absolute atomic E-state index is 12.7. The zero-order valence-electron chi connectivity index (χ0n) is 15.4. The van der Waals surface area contributed by atoms with Crippen LogP contribution in [0.3, 0.4) is 0 Å². The third kappa shape index (κ3) is 3.64. The van der Waals surface area contributed by atoms with Crippen LogP contribution in [-0.2, 0) is 0 Å². The first-order valence-electron chi connectivity index (χ1n) is 9.25. The molecule has 1 saturated heterocycles. The molecule has 3 heterocycles. The predicted molar refractivity (Wildman–Crippen MR) is 109 cm³/mol. The van der Waals surface area contributed by atoms with E-state index in [4.69, 9.17) is 9.26 Å². The number of ether oxygens (including phenoxy) is 1. The first kappa shape index (κ1) is 17.6. The Kier molecular flexibility index (Phi) is 4.57. The molecule has 29 heavy (non-hydrogen) atoms. The lowest BCUT2D eigenvalue weighted by molar-refractivity contribution is 0.0569. The van der Waals surface area contributed by atoms with Gasteiger partial charge in [0.05, 0.1) is 5.92 Å². The molecular formula is C22H17N3O3S. The van der Waals surface area contributed by atoms with Gasteiger partial charge in [-0.25, -0.2) is 0 Å². The highest BCUT2D eigenvalue weighted by molar-refractivity contribution is 7.08. The molecule has 4 aromatic rings. The number of carbonyl (C=O) groups excluding carboxylic acids is 1. The molecular weight excluding hydrogens is 386 g/mol. The van der Waals surface area contributed by atoms with Crippen LogP contribution in [0.15, 0.2) is 75.9 Å². The lowest BCUT2D eigenvalue weighted by Crippen LogP contribution is -2.48. The van der Waals surface area contributed by atoms with Crippen molar-refractivity contribution >= 4 is 17.2 Å². The number of carbonyl (C=O) groups is 1. The van der Waals surface area contributed by atoms with Crippen molar-refractivity contribution < 1.29 is 14.1 Å². The number of para-hydroxylation sites is 1. The van der Waals surface area contributed by atoms with Crippen LogP contribution in [0.1, 0.15) is 22.2 Å². The normalized spacial score (nSPS) is 13.9. The molecule has 0 spiro atoms. The molecule has 2 aromatic heterocycles. The van der Waals surface area contributed by atoms with Crippen molar-refractivity contribution in [1.29, 1.82) is 0 Å². The van der Waals surface area contributed by atoms with Crippen molar-refractivity contribution in [3.8, 4) is 22.9 Å². The Morgan fingerprint density at radius 2 is 1.79 bits per heavy atom. The Labute approximate surface area is 171 Å². The first-order chi connectivity index (χ1) is 14.3. The van der Waals surface area contributed by atoms with Crippen molar-refractivity contribution in [3.05, 3.63) is 82.9 Å². The van der Waals surface area contributed by atoms with Gasteiger partial charge in [0.2, 0.25) is 11.7 Å². The predicted octanol–water partition coefficient (Wildman–Crippen LogP) is 4.83. The molecule has 0 bridgehead atoms. The van der Waals surface area contributed by atoms with Gasteiger partial charge in [0, 0.05) is 29.6 Å². The summed E-state index contributed by atoms with van der Waals surface area (Å²) in [5, 5.41) is 8.00. The van der Waals surface area contributed by atoms with Crippen molar-refractivity contribution in [2.24, 2.45) is 0 Å². The van der Waals surface area contributed by atoms with Crippen LogP contribution in [0.2, 0.25) is 0 Å². The summed E-state index contributed by atoms with van der Waals surface area (Å²) >= 11 is 1.59. The third-order valence-electron chi connectivity index (χ3n) is 4.82. The summed E-state index contributed by atoms with van der Waals surface area (Å²) in [4.78, 5) is 18.9. The smallest absolute Gasteiger partial charge is 0.253 e. The molecule has 5 rings (SSSR count). The van der Waals surface area contributed by atoms with E-state index in [-0.39, 0.29) is 11.8 Å². The van der Waals surface area contributed by atoms with E-state index in [2.05, 4.69) is 10.1 Å². The third-order valence-corrected chi connectivity index (χ3v) is 5.50. The van der Waals surface area contributed by atoms with Crippen LogP contribution >= 0.6 is 11.3 Å². The van der Waals surface area contributed by atoms with Gasteiger partial charge in [-0.15, -0.1) is 0 Å². The summed E-state index contributed by atoms with van der Waals surface area (Å²) in [6.07, 6.45) is 0. The maximum Gasteiger partial charge on any atom is 0.253 e. The fourth-order valence-electron chi connectivity index (χ4n) is 3.18. The van der Waals surface area contributed by atoms with Crippen molar-refractivity contribution in [2.75, 3.05) is 13.1 Å². The molecule has 0 aliphatic carbocycles. The van der Waals surface area contributed by atoms with Crippen LogP contribution in [-0.4, -0.2) is 34.0 Å². The number of thiophene rings is 1. The molecule has 0 atom stereocenters. The second-order valence-corrected chi connectivity index (χ2v) is 7.59. The molecule has 2 aromatic carbocycles. The maximum atomic E-state index is 12.7. The second-order valence-electron chi connectivity index (χ2n) is 6.81. The lowest BCUT2D eigenvalue weighted by Gasteiger charge is -2.37. The minimum absolute atomic E-state index is 0.00918. The van der Waals surface area contributed by atoms with Gasteiger partial charge in [0.1, 0.15) is 11.5 Å². The number of nitrogens with zero attached hydrogens (tertiary/aromatic N) is 3. The highest BCUT2D eigenvalue weighted by atomic mass is 32.1. The van der Waals surface area contributed by atoms with Gasteiger partial charge in [-0.1, -0.05) is 23.4 Å². The molecule has 1 fully saturated rings. The SMILES string of the molecule is O=C(c1ccc(Oc2ccccc2)cc1)N1CC(c2nc(-c3ccsc3)no2)C1. The summed E-state index contributed by atoms with van der Waals surface area (Å²) in [7, 11) is 0. The van der Waals surface area contributed by atoms with E-state index < -0.39 is 0 Å². The van der Waals surface area contributed by atoms with Crippen LogP contribution in [0.25, 0.3) is 11.4 Å². The highest BCUT2D eigenvalue weighted by Gasteiger charge is 2.36. The number of aromatic nitrogens is 2. The van der Waals surface area contributed by atoms with Crippen molar-refractivity contribution in [3.63, 3.8) is 0 Å². The fraction of sp³-hybridized carbons (Fsp3) is 0.136. The summed E-state index contributed by atoms with van der Waals surface area (Å²) in [6, 6.07) is 18.7. The number of likely N-dealkylation sites (tertiary alicyclic amines) is 1. The van der Waals surface area contributed by atoms with E-state index in [9.17, 15) is 4.79 Å². The molecule has 0 N–H and O–H groups in total. The molecule has 144 valence electrons. The minimum Gasteiger partial charge on any atom is -0.457 e. The van der Waals surface area contributed by atoms with Gasteiger partial charge in [-0.3, -0.25) is 4.79 Å². The van der Waals surface area contributed by atoms with Gasteiger partial charge in [-0.05, 0) is 47.8 Å². The molecule has 6 nitrogen and oxygen atoms in total. The van der Waals surface area contributed by atoms with Crippen LogP contribution < -0.4 is 4.74 Å². The number of hydrogen-bond donors (Lipinski definition) is 0. The van der Waals surface area contributed by atoms with E-state index in [0.717, 1.165) is 11.3 Å². The van der Waals surface area contributed by atoms with Crippen molar-refractivity contribution in [1.82, 2.24) is 15.0 Å². The average Bonchev–Trinajstić information content (AvgIpc) is 3.40. The molecule has 1 aliphatic rings. The summed E-state index contributed by atoms with van der Waals surface area (Å²) in [5.74, 6) is 2.71. The Balaban J connectivity index is 1.19. The molecule has 0 saturated carbocycles. The number of amides is 1. The zero-order chi connectivity index (χ0) is 19.6. The largest absolute Gasteiger partial charge is 0.457 e. The van der Waals surface area contributed by atoms with E-state index in [1.807, 2.05) is 59.3 Å². The van der Waals surface area contributed by atoms with Gasteiger partial charge in [0.25, 0.3) is 5.91 Å². The quantitative estimate of drug-likeness (QED) is 0.477. The summed E-state index contributed by atoms with van der Waals surface area (Å²) < 4.78 is 11.2. The molecule has 7 heteroatoms. The number of hydrogen-bond acceptors (Lipinski definition) is 6. The summed E-state index contributed by atoms with van der Waals surface area (Å²) in [6.45, 7) is 1.15. The van der Waals surface area contributed by atoms with Crippen LogP contribution in [0.4, 0.5) is 0 Å². The second kappa shape index (κ2) is 7.52. The van der Waals surface area contributed by atoms with Gasteiger partial charge >= 0.3 is 0 Å². The monoisotopic (exact) mass is 403 g/mol.